The lowest BCUT2D eigenvalue weighted by Crippen LogP contribution is -2.31. The van der Waals surface area contributed by atoms with Gasteiger partial charge in [-0.25, -0.2) is 13.1 Å². The Bertz CT molecular complexity index is 594. The molecule has 1 heterocycles. The van der Waals surface area contributed by atoms with E-state index >= 15 is 0 Å². The normalized spacial score (nSPS) is 22.9. The Morgan fingerprint density at radius 3 is 2.67 bits per heavy atom. The second kappa shape index (κ2) is 6.46. The third-order valence-electron chi connectivity index (χ3n) is 4.50. The molecule has 2 rings (SSSR count). The molecule has 1 aliphatic carbocycles. The summed E-state index contributed by atoms with van der Waals surface area (Å²) in [5.74, 6) is 1.04. The molecule has 0 aliphatic heterocycles. The molecule has 7 heteroatoms. The van der Waals surface area contributed by atoms with Gasteiger partial charge in [-0.05, 0) is 32.1 Å². The monoisotopic (exact) mass is 314 g/mol. The molecular weight excluding hydrogens is 288 g/mol. The van der Waals surface area contributed by atoms with Crippen molar-refractivity contribution in [3.8, 4) is 0 Å². The van der Waals surface area contributed by atoms with Crippen molar-refractivity contribution in [1.29, 1.82) is 0 Å². The van der Waals surface area contributed by atoms with E-state index in [1.807, 2.05) is 0 Å². The van der Waals surface area contributed by atoms with E-state index in [-0.39, 0.29) is 0 Å². The molecule has 0 saturated heterocycles. The average molecular weight is 314 g/mol. The molecule has 1 aromatic heterocycles. The van der Waals surface area contributed by atoms with Crippen LogP contribution in [-0.4, -0.2) is 31.3 Å². The van der Waals surface area contributed by atoms with Crippen LogP contribution in [0.3, 0.4) is 0 Å². The molecule has 1 aromatic rings. The molecule has 1 aliphatic rings. The van der Waals surface area contributed by atoms with Gasteiger partial charge in [0.15, 0.2) is 0 Å². The molecule has 120 valence electrons. The van der Waals surface area contributed by atoms with Gasteiger partial charge < -0.3 is 5.73 Å². The number of nitrogens with zero attached hydrogens (tertiary/aromatic N) is 2. The quantitative estimate of drug-likeness (QED) is 0.825. The first kappa shape index (κ1) is 16.5. The Balaban J connectivity index is 2.15. The van der Waals surface area contributed by atoms with Crippen molar-refractivity contribution in [2.24, 2.45) is 17.6 Å². The van der Waals surface area contributed by atoms with Crippen LogP contribution < -0.4 is 10.5 Å². The minimum absolute atomic E-state index is 0.307. The van der Waals surface area contributed by atoms with E-state index in [2.05, 4.69) is 16.7 Å². The highest BCUT2D eigenvalue weighted by Crippen LogP contribution is 2.31. The molecule has 0 amide bonds. The highest BCUT2D eigenvalue weighted by molar-refractivity contribution is 7.89. The minimum Gasteiger partial charge on any atom is -0.329 e. The summed E-state index contributed by atoms with van der Waals surface area (Å²) in [7, 11) is -3.50. The van der Waals surface area contributed by atoms with Crippen LogP contribution in [0.5, 0.6) is 0 Å². The number of aryl methyl sites for hydroxylation is 1. The van der Waals surface area contributed by atoms with E-state index in [0.717, 1.165) is 6.42 Å². The van der Waals surface area contributed by atoms with E-state index < -0.39 is 10.0 Å². The first-order valence-electron chi connectivity index (χ1n) is 7.60. The van der Waals surface area contributed by atoms with Crippen LogP contribution in [0.4, 0.5) is 0 Å². The molecule has 21 heavy (non-hydrogen) atoms. The van der Waals surface area contributed by atoms with Crippen molar-refractivity contribution in [3.63, 3.8) is 0 Å². The van der Waals surface area contributed by atoms with Crippen molar-refractivity contribution in [2.45, 2.75) is 51.5 Å². The fourth-order valence-corrected chi connectivity index (χ4v) is 4.73. The van der Waals surface area contributed by atoms with Gasteiger partial charge in [0.1, 0.15) is 4.90 Å². The molecule has 2 atom stereocenters. The average Bonchev–Trinajstić information content (AvgIpc) is 2.92. The lowest BCUT2D eigenvalue weighted by atomic mass is 9.99. The first-order chi connectivity index (χ1) is 9.86. The van der Waals surface area contributed by atoms with Crippen LogP contribution in [0, 0.1) is 25.7 Å². The molecule has 0 bridgehead atoms. The van der Waals surface area contributed by atoms with Crippen molar-refractivity contribution in [2.75, 3.05) is 13.1 Å². The van der Waals surface area contributed by atoms with Crippen molar-refractivity contribution in [1.82, 2.24) is 14.5 Å². The molecule has 1 saturated carbocycles. The van der Waals surface area contributed by atoms with Gasteiger partial charge in [-0.1, -0.05) is 19.8 Å². The largest absolute Gasteiger partial charge is 0.329 e. The predicted molar refractivity (Wildman–Crippen MR) is 82.4 cm³/mol. The van der Waals surface area contributed by atoms with Crippen LogP contribution in [0.2, 0.25) is 0 Å². The third-order valence-corrected chi connectivity index (χ3v) is 6.17. The summed E-state index contributed by atoms with van der Waals surface area (Å²) in [6.45, 7) is 7.19. The van der Waals surface area contributed by atoms with Crippen molar-refractivity contribution < 1.29 is 8.42 Å². The first-order valence-corrected chi connectivity index (χ1v) is 9.09. The Morgan fingerprint density at radius 1 is 1.38 bits per heavy atom. The summed E-state index contributed by atoms with van der Waals surface area (Å²) in [4.78, 5) is 0.307. The van der Waals surface area contributed by atoms with Crippen LogP contribution in [0.15, 0.2) is 4.90 Å². The number of nitrogens with one attached hydrogen (secondary N) is 1. The van der Waals surface area contributed by atoms with Gasteiger partial charge in [-0.2, -0.15) is 5.10 Å². The van der Waals surface area contributed by atoms with E-state index in [1.54, 1.807) is 18.5 Å². The smallest absolute Gasteiger partial charge is 0.244 e. The Morgan fingerprint density at radius 2 is 2.10 bits per heavy atom. The van der Waals surface area contributed by atoms with Crippen molar-refractivity contribution >= 4 is 10.0 Å². The Kier molecular flexibility index (Phi) is 5.06. The van der Waals surface area contributed by atoms with E-state index in [9.17, 15) is 8.42 Å². The van der Waals surface area contributed by atoms with Gasteiger partial charge in [0.2, 0.25) is 10.0 Å². The van der Waals surface area contributed by atoms with Crippen LogP contribution in [-0.2, 0) is 16.6 Å². The van der Waals surface area contributed by atoms with E-state index in [4.69, 9.17) is 5.73 Å². The van der Waals surface area contributed by atoms with Crippen LogP contribution >= 0.6 is 0 Å². The van der Waals surface area contributed by atoms with Crippen LogP contribution in [0.1, 0.15) is 37.6 Å². The fraction of sp³-hybridized carbons (Fsp3) is 0.786. The molecule has 3 N–H and O–H groups in total. The highest BCUT2D eigenvalue weighted by atomic mass is 32.2. The number of hydrogen-bond donors (Lipinski definition) is 2. The number of nitrogens with two attached hydrogens (primary N) is 1. The summed E-state index contributed by atoms with van der Waals surface area (Å²) in [5, 5.41) is 4.28. The number of rotatable bonds is 6. The number of sulfonamides is 1. The lowest BCUT2D eigenvalue weighted by molar-refractivity contribution is 0.414. The zero-order valence-electron chi connectivity index (χ0n) is 13.1. The molecule has 0 spiro atoms. The Hall–Kier alpha value is -0.920. The maximum Gasteiger partial charge on any atom is 0.244 e. The zero-order valence-corrected chi connectivity index (χ0v) is 13.9. The summed E-state index contributed by atoms with van der Waals surface area (Å²) in [5.41, 5.74) is 6.72. The highest BCUT2D eigenvalue weighted by Gasteiger charge is 2.28. The van der Waals surface area contributed by atoms with Crippen molar-refractivity contribution in [3.05, 3.63) is 11.4 Å². The number of aromatic nitrogens is 2. The summed E-state index contributed by atoms with van der Waals surface area (Å²) < 4.78 is 29.6. The molecule has 1 fully saturated rings. The maximum absolute atomic E-state index is 12.6. The lowest BCUT2D eigenvalue weighted by Gasteiger charge is -2.16. The van der Waals surface area contributed by atoms with Gasteiger partial charge >= 0.3 is 0 Å². The number of hydrogen-bond acceptors (Lipinski definition) is 4. The van der Waals surface area contributed by atoms with Gasteiger partial charge in [0.25, 0.3) is 0 Å². The maximum atomic E-state index is 12.6. The summed E-state index contributed by atoms with van der Waals surface area (Å²) in [6.07, 6.45) is 3.49. The standard InChI is InChI=1S/C14H26N4O2S/c1-10-5-4-6-13(10)9-16-21(19,20)14-11(2)17-18(8-7-15)12(14)3/h10,13,16H,4-9,15H2,1-3H3. The van der Waals surface area contributed by atoms with Gasteiger partial charge in [0.05, 0.1) is 17.9 Å². The second-order valence-corrected chi connectivity index (χ2v) is 7.74. The molecular formula is C14H26N4O2S. The summed E-state index contributed by atoms with van der Waals surface area (Å²) in [6, 6.07) is 0. The van der Waals surface area contributed by atoms with E-state index in [0.29, 0.717) is 47.8 Å². The SMILES string of the molecule is Cc1nn(CCN)c(C)c1S(=O)(=O)NCC1CCCC1C. The fourth-order valence-electron chi connectivity index (χ4n) is 3.22. The predicted octanol–water partition coefficient (Wildman–Crippen LogP) is 1.17. The molecule has 0 radical (unpaired) electrons. The van der Waals surface area contributed by atoms with Crippen LogP contribution in [0.25, 0.3) is 0 Å². The Labute approximate surface area is 127 Å². The van der Waals surface area contributed by atoms with E-state index in [1.165, 1.54) is 12.8 Å². The molecule has 2 unspecified atom stereocenters. The zero-order chi connectivity index (χ0) is 15.6. The van der Waals surface area contributed by atoms with Gasteiger partial charge in [0, 0.05) is 13.1 Å². The topological polar surface area (TPSA) is 90.0 Å². The third kappa shape index (κ3) is 3.46. The second-order valence-electron chi connectivity index (χ2n) is 6.03. The molecule has 0 aromatic carbocycles. The molecule has 6 nitrogen and oxygen atoms in total. The summed E-state index contributed by atoms with van der Waals surface area (Å²) >= 11 is 0. The van der Waals surface area contributed by atoms with Gasteiger partial charge in [-0.3, -0.25) is 4.68 Å². The van der Waals surface area contributed by atoms with Gasteiger partial charge in [-0.15, -0.1) is 0 Å². The minimum atomic E-state index is -3.50.